The fourth-order valence-electron chi connectivity index (χ4n) is 1.81. The summed E-state index contributed by atoms with van der Waals surface area (Å²) < 4.78 is 54.0. The molecule has 0 aliphatic rings. The highest BCUT2D eigenvalue weighted by Gasteiger charge is 2.27. The van der Waals surface area contributed by atoms with Crippen molar-refractivity contribution < 1.29 is 22.3 Å². The Bertz CT molecular complexity index is 439. The van der Waals surface area contributed by atoms with Crippen molar-refractivity contribution in [3.8, 4) is 0 Å². The topological polar surface area (TPSA) is 21.3 Å². The molecule has 0 amide bonds. The Morgan fingerprint density at radius 3 is 2.62 bits per heavy atom. The van der Waals surface area contributed by atoms with E-state index in [1.165, 1.54) is 12.1 Å². The summed E-state index contributed by atoms with van der Waals surface area (Å²) in [7, 11) is 0. The molecule has 1 rings (SSSR count). The smallest absolute Gasteiger partial charge is 0.370 e. The number of rotatable bonds is 8. The number of nitrogens with one attached hydrogen (secondary N) is 1. The summed E-state index contributed by atoms with van der Waals surface area (Å²) in [5, 5.41) is 3.11. The zero-order chi connectivity index (χ0) is 15.9. The molecular formula is C14H18ClF4NO. The third-order valence-electron chi connectivity index (χ3n) is 2.73. The van der Waals surface area contributed by atoms with E-state index in [1.54, 1.807) is 6.07 Å². The lowest BCUT2D eigenvalue weighted by atomic mass is 10.1. The minimum absolute atomic E-state index is 0.00190. The van der Waals surface area contributed by atoms with Gasteiger partial charge in [-0.2, -0.15) is 13.2 Å². The van der Waals surface area contributed by atoms with Crippen molar-refractivity contribution in [2.24, 2.45) is 0 Å². The Kier molecular flexibility index (Phi) is 7.42. The van der Waals surface area contributed by atoms with Crippen molar-refractivity contribution in [3.63, 3.8) is 0 Å². The highest BCUT2D eigenvalue weighted by atomic mass is 35.5. The Balaban J connectivity index is 2.57. The average molecular weight is 328 g/mol. The van der Waals surface area contributed by atoms with Crippen molar-refractivity contribution in [1.29, 1.82) is 0 Å². The predicted molar refractivity (Wildman–Crippen MR) is 74.1 cm³/mol. The van der Waals surface area contributed by atoms with Crippen molar-refractivity contribution in [2.45, 2.75) is 32.0 Å². The number of hydrogen-bond donors (Lipinski definition) is 1. The third-order valence-corrected chi connectivity index (χ3v) is 3.02. The fraction of sp³-hybridized carbons (Fsp3) is 0.571. The summed E-state index contributed by atoms with van der Waals surface area (Å²) in [4.78, 5) is 0. The lowest BCUT2D eigenvalue weighted by molar-refractivity contribution is -0.175. The molecule has 21 heavy (non-hydrogen) atoms. The van der Waals surface area contributed by atoms with E-state index in [9.17, 15) is 17.6 Å². The molecule has 0 aliphatic carbocycles. The van der Waals surface area contributed by atoms with Crippen LogP contribution in [0.3, 0.4) is 0 Å². The highest BCUT2D eigenvalue weighted by Crippen LogP contribution is 2.18. The molecule has 0 radical (unpaired) electrons. The van der Waals surface area contributed by atoms with E-state index in [-0.39, 0.29) is 17.7 Å². The van der Waals surface area contributed by atoms with Gasteiger partial charge in [0.05, 0.1) is 11.6 Å². The molecule has 0 aromatic heterocycles. The highest BCUT2D eigenvalue weighted by molar-refractivity contribution is 6.30. The first kappa shape index (κ1) is 18.2. The summed E-state index contributed by atoms with van der Waals surface area (Å²) in [6, 6.07) is 3.99. The Labute approximate surface area is 126 Å². The van der Waals surface area contributed by atoms with Gasteiger partial charge in [0.25, 0.3) is 0 Å². The molecule has 1 N–H and O–H groups in total. The summed E-state index contributed by atoms with van der Waals surface area (Å²) in [5.74, 6) is -0.521. The van der Waals surface area contributed by atoms with Crippen LogP contribution in [0.15, 0.2) is 18.2 Å². The van der Waals surface area contributed by atoms with E-state index < -0.39 is 18.6 Å². The lowest BCUT2D eigenvalue weighted by Crippen LogP contribution is -2.37. The standard InChI is InChI=1S/C14H18ClF4NO/c1-2-5-20-11(8-21-9-14(17,18)19)6-10-3-4-13(16)12(15)7-10/h3-4,7,11,20H,2,5-6,8-9H2,1H3. The molecule has 0 aliphatic heterocycles. The molecule has 0 saturated heterocycles. The van der Waals surface area contributed by atoms with Gasteiger partial charge in [-0.05, 0) is 37.1 Å². The number of halogens is 5. The molecule has 1 aromatic carbocycles. The van der Waals surface area contributed by atoms with Crippen molar-refractivity contribution >= 4 is 11.6 Å². The van der Waals surface area contributed by atoms with Crippen LogP contribution in [-0.4, -0.2) is 32.0 Å². The van der Waals surface area contributed by atoms with Gasteiger partial charge < -0.3 is 10.1 Å². The molecule has 1 unspecified atom stereocenters. The van der Waals surface area contributed by atoms with Gasteiger partial charge >= 0.3 is 6.18 Å². The van der Waals surface area contributed by atoms with Gasteiger partial charge in [0.15, 0.2) is 0 Å². The zero-order valence-corrected chi connectivity index (χ0v) is 12.4. The number of alkyl halides is 3. The monoisotopic (exact) mass is 327 g/mol. The first-order chi connectivity index (χ1) is 9.81. The van der Waals surface area contributed by atoms with Crippen LogP contribution >= 0.6 is 11.6 Å². The second kappa shape index (κ2) is 8.56. The fourth-order valence-corrected chi connectivity index (χ4v) is 2.01. The van der Waals surface area contributed by atoms with Crippen LogP contribution in [-0.2, 0) is 11.2 Å². The average Bonchev–Trinajstić information content (AvgIpc) is 2.38. The largest absolute Gasteiger partial charge is 0.411 e. The first-order valence-electron chi connectivity index (χ1n) is 6.63. The van der Waals surface area contributed by atoms with Crippen LogP contribution in [0.4, 0.5) is 17.6 Å². The predicted octanol–water partition coefficient (Wildman–Crippen LogP) is 3.97. The Hall–Kier alpha value is -0.850. The van der Waals surface area contributed by atoms with Crippen LogP contribution in [0.1, 0.15) is 18.9 Å². The molecule has 0 bridgehead atoms. The number of benzene rings is 1. The van der Waals surface area contributed by atoms with E-state index in [4.69, 9.17) is 11.6 Å². The summed E-state index contributed by atoms with van der Waals surface area (Å²) >= 11 is 5.69. The molecule has 2 nitrogen and oxygen atoms in total. The molecule has 0 saturated carbocycles. The van der Waals surface area contributed by atoms with Gasteiger partial charge in [-0.3, -0.25) is 0 Å². The molecule has 1 aromatic rings. The first-order valence-corrected chi connectivity index (χ1v) is 7.01. The molecule has 1 atom stereocenters. The maximum atomic E-state index is 13.1. The van der Waals surface area contributed by atoms with Gasteiger partial charge in [0.1, 0.15) is 12.4 Å². The third kappa shape index (κ3) is 7.64. The minimum atomic E-state index is -4.34. The SMILES string of the molecule is CCCNC(COCC(F)(F)F)Cc1ccc(F)c(Cl)c1. The van der Waals surface area contributed by atoms with Crippen LogP contribution < -0.4 is 5.32 Å². The van der Waals surface area contributed by atoms with Crippen molar-refractivity contribution in [3.05, 3.63) is 34.6 Å². The molecule has 0 fully saturated rings. The summed E-state index contributed by atoms with van der Waals surface area (Å²) in [6.07, 6.45) is -3.08. The van der Waals surface area contributed by atoms with E-state index in [0.29, 0.717) is 13.0 Å². The molecule has 0 spiro atoms. The Morgan fingerprint density at radius 1 is 1.33 bits per heavy atom. The van der Waals surface area contributed by atoms with Crippen molar-refractivity contribution in [1.82, 2.24) is 5.32 Å². The van der Waals surface area contributed by atoms with Crippen LogP contribution in [0.25, 0.3) is 0 Å². The molecule has 7 heteroatoms. The maximum Gasteiger partial charge on any atom is 0.411 e. The van der Waals surface area contributed by atoms with Crippen molar-refractivity contribution in [2.75, 3.05) is 19.8 Å². The van der Waals surface area contributed by atoms with Gasteiger partial charge in [-0.15, -0.1) is 0 Å². The van der Waals surface area contributed by atoms with Gasteiger partial charge in [-0.25, -0.2) is 4.39 Å². The van der Waals surface area contributed by atoms with E-state index in [2.05, 4.69) is 10.1 Å². The molecule has 120 valence electrons. The van der Waals surface area contributed by atoms with Crippen LogP contribution in [0, 0.1) is 5.82 Å². The quantitative estimate of drug-likeness (QED) is 0.730. The van der Waals surface area contributed by atoms with Crippen LogP contribution in [0.2, 0.25) is 5.02 Å². The minimum Gasteiger partial charge on any atom is -0.370 e. The molecular weight excluding hydrogens is 310 g/mol. The normalized spacial score (nSPS) is 13.4. The second-order valence-electron chi connectivity index (χ2n) is 4.73. The van der Waals surface area contributed by atoms with E-state index in [0.717, 1.165) is 12.0 Å². The summed E-state index contributed by atoms with van der Waals surface area (Å²) in [5.41, 5.74) is 0.741. The Morgan fingerprint density at radius 2 is 2.05 bits per heavy atom. The van der Waals surface area contributed by atoms with Gasteiger partial charge in [0.2, 0.25) is 0 Å². The zero-order valence-electron chi connectivity index (χ0n) is 11.6. The summed E-state index contributed by atoms with van der Waals surface area (Å²) in [6.45, 7) is 1.26. The molecule has 0 heterocycles. The number of hydrogen-bond acceptors (Lipinski definition) is 2. The lowest BCUT2D eigenvalue weighted by Gasteiger charge is -2.19. The second-order valence-corrected chi connectivity index (χ2v) is 5.14. The van der Waals surface area contributed by atoms with E-state index in [1.807, 2.05) is 6.92 Å². The maximum absolute atomic E-state index is 13.1. The van der Waals surface area contributed by atoms with Crippen LogP contribution in [0.5, 0.6) is 0 Å². The number of ether oxygens (including phenoxy) is 1. The van der Waals surface area contributed by atoms with Gasteiger partial charge in [-0.1, -0.05) is 24.6 Å². The van der Waals surface area contributed by atoms with E-state index >= 15 is 0 Å². The van der Waals surface area contributed by atoms with Gasteiger partial charge in [0, 0.05) is 6.04 Å².